The summed E-state index contributed by atoms with van der Waals surface area (Å²) in [6.07, 6.45) is 4.01. The van der Waals surface area contributed by atoms with Gasteiger partial charge in [0.05, 0.1) is 14.0 Å². The molecule has 0 radical (unpaired) electrons. The van der Waals surface area contributed by atoms with E-state index in [0.717, 1.165) is 24.2 Å². The number of likely N-dealkylation sites (tertiary alicyclic amines) is 1. The van der Waals surface area contributed by atoms with Crippen LogP contribution in [0.2, 0.25) is 0 Å². The SMILES string of the molecule is [2H]C([2H])([2H])[C@]([2H])(N[C@H](CCC)C(=O)OCC)C(=O)N1[C@@H](C(=O)O)C[C@@H]2CCCC[C@@H]21. The molecule has 26 heavy (non-hydrogen) atoms. The van der Waals surface area contributed by atoms with Crippen molar-refractivity contribution in [2.24, 2.45) is 5.92 Å². The van der Waals surface area contributed by atoms with Gasteiger partial charge in [0.25, 0.3) is 0 Å². The molecule has 2 aliphatic rings. The van der Waals surface area contributed by atoms with Crippen LogP contribution in [-0.2, 0) is 19.1 Å². The Morgan fingerprint density at radius 1 is 1.35 bits per heavy atom. The molecule has 0 aromatic rings. The number of esters is 1. The van der Waals surface area contributed by atoms with Gasteiger partial charge in [0.15, 0.2) is 0 Å². The molecule has 1 amide bonds. The molecule has 1 aliphatic heterocycles. The molecule has 1 heterocycles. The highest BCUT2D eigenvalue weighted by Crippen LogP contribution is 2.40. The highest BCUT2D eigenvalue weighted by molar-refractivity contribution is 5.88. The monoisotopic (exact) mass is 372 g/mol. The van der Waals surface area contributed by atoms with Gasteiger partial charge in [-0.15, -0.1) is 0 Å². The predicted octanol–water partition coefficient (Wildman–Crippen LogP) is 1.94. The van der Waals surface area contributed by atoms with Crippen molar-refractivity contribution in [1.29, 1.82) is 0 Å². The fourth-order valence-electron chi connectivity index (χ4n) is 4.12. The van der Waals surface area contributed by atoms with Crippen LogP contribution >= 0.6 is 0 Å². The van der Waals surface area contributed by atoms with E-state index in [-0.39, 0.29) is 25.4 Å². The molecular weight excluding hydrogens is 336 g/mol. The van der Waals surface area contributed by atoms with Gasteiger partial charge in [-0.3, -0.25) is 14.9 Å². The molecule has 7 heteroatoms. The number of amides is 1. The van der Waals surface area contributed by atoms with Crippen LogP contribution < -0.4 is 5.32 Å². The van der Waals surface area contributed by atoms with Crippen molar-refractivity contribution in [2.45, 2.75) is 89.8 Å². The third-order valence-corrected chi connectivity index (χ3v) is 5.29. The molecule has 2 fully saturated rings. The summed E-state index contributed by atoms with van der Waals surface area (Å²) in [5.74, 6) is -3.09. The number of ether oxygens (including phenoxy) is 1. The molecule has 148 valence electrons. The van der Waals surface area contributed by atoms with Crippen molar-refractivity contribution >= 4 is 17.8 Å². The summed E-state index contributed by atoms with van der Waals surface area (Å²) < 4.78 is 37.3. The number of carboxylic acid groups (broad SMARTS) is 1. The molecule has 2 rings (SSSR count). The molecule has 1 aliphatic carbocycles. The van der Waals surface area contributed by atoms with E-state index < -0.39 is 48.8 Å². The van der Waals surface area contributed by atoms with E-state index in [1.807, 2.05) is 0 Å². The minimum Gasteiger partial charge on any atom is -0.480 e. The molecule has 2 N–H and O–H groups in total. The average molecular weight is 372 g/mol. The first-order valence-electron chi connectivity index (χ1n) is 11.5. The van der Waals surface area contributed by atoms with Crippen LogP contribution in [0.4, 0.5) is 0 Å². The Morgan fingerprint density at radius 3 is 2.69 bits per heavy atom. The zero-order valence-electron chi connectivity index (χ0n) is 19.5. The Bertz CT molecular complexity index is 659. The van der Waals surface area contributed by atoms with Gasteiger partial charge in [-0.2, -0.15) is 0 Å². The molecule has 0 aromatic carbocycles. The van der Waals surface area contributed by atoms with Gasteiger partial charge in [0, 0.05) is 10.2 Å². The third-order valence-electron chi connectivity index (χ3n) is 5.29. The van der Waals surface area contributed by atoms with E-state index in [1.54, 1.807) is 13.8 Å². The molecule has 1 saturated heterocycles. The lowest BCUT2D eigenvalue weighted by Crippen LogP contribution is -2.55. The van der Waals surface area contributed by atoms with Gasteiger partial charge in [-0.1, -0.05) is 26.2 Å². The van der Waals surface area contributed by atoms with Gasteiger partial charge in [0.1, 0.15) is 12.1 Å². The Labute approximate surface area is 161 Å². The van der Waals surface area contributed by atoms with Gasteiger partial charge < -0.3 is 14.7 Å². The summed E-state index contributed by atoms with van der Waals surface area (Å²) in [6, 6.07) is -5.61. The molecule has 1 saturated carbocycles. The number of nitrogens with zero attached hydrogens (tertiary/aromatic N) is 1. The standard InChI is InChI=1S/C19H32N2O5/c1-4-8-14(19(25)26-5-2)20-12(3)17(22)21-15-10-7-6-9-13(15)11-16(21)18(23)24/h12-16,20H,4-11H2,1-3H3,(H,23,24)/t12-,13-,14+,15-,16+/m0/s1/i3D3,12D. The van der Waals surface area contributed by atoms with Gasteiger partial charge in [-0.05, 0) is 45.4 Å². The predicted molar refractivity (Wildman–Crippen MR) is 96.6 cm³/mol. The van der Waals surface area contributed by atoms with Gasteiger partial charge in [0.2, 0.25) is 5.91 Å². The summed E-state index contributed by atoms with van der Waals surface area (Å²) in [5, 5.41) is 12.1. The Kier molecular flexibility index (Phi) is 5.55. The maximum atomic E-state index is 13.5. The molecular formula is C19H32N2O5. The summed E-state index contributed by atoms with van der Waals surface area (Å²) >= 11 is 0. The second kappa shape index (κ2) is 9.35. The highest BCUT2D eigenvalue weighted by Gasteiger charge is 2.48. The summed E-state index contributed by atoms with van der Waals surface area (Å²) in [7, 11) is 0. The number of rotatable bonds is 8. The molecule has 0 spiro atoms. The van der Waals surface area contributed by atoms with E-state index in [2.05, 4.69) is 5.32 Å². The molecule has 5 atom stereocenters. The quantitative estimate of drug-likeness (QED) is 0.632. The Morgan fingerprint density at radius 2 is 2.08 bits per heavy atom. The number of carboxylic acids is 1. The number of aliphatic carboxylic acids is 1. The second-order valence-corrected chi connectivity index (χ2v) is 7.03. The highest BCUT2D eigenvalue weighted by atomic mass is 16.5. The summed E-state index contributed by atoms with van der Waals surface area (Å²) in [4.78, 5) is 38.8. The van der Waals surface area contributed by atoms with Crippen molar-refractivity contribution < 1.29 is 29.7 Å². The van der Waals surface area contributed by atoms with Crippen LogP contribution in [0.25, 0.3) is 0 Å². The van der Waals surface area contributed by atoms with Crippen LogP contribution in [0, 0.1) is 5.92 Å². The van der Waals surface area contributed by atoms with Crippen molar-refractivity contribution in [3.63, 3.8) is 0 Å². The number of hydrogen-bond donors (Lipinski definition) is 2. The largest absolute Gasteiger partial charge is 0.480 e. The second-order valence-electron chi connectivity index (χ2n) is 7.03. The molecule has 0 aromatic heterocycles. The zero-order chi connectivity index (χ0) is 22.7. The van der Waals surface area contributed by atoms with Crippen molar-refractivity contribution in [3.8, 4) is 0 Å². The Hall–Kier alpha value is -1.63. The number of nitrogens with one attached hydrogen (secondary N) is 1. The lowest BCUT2D eigenvalue weighted by Gasteiger charge is -2.35. The van der Waals surface area contributed by atoms with Crippen molar-refractivity contribution in [3.05, 3.63) is 0 Å². The fraction of sp³-hybridized carbons (Fsp3) is 0.842. The fourth-order valence-corrected chi connectivity index (χ4v) is 4.12. The Balaban J connectivity index is 2.42. The number of hydrogen-bond acceptors (Lipinski definition) is 5. The normalized spacial score (nSPS) is 31.5. The minimum atomic E-state index is -3.13. The van der Waals surface area contributed by atoms with E-state index in [1.165, 1.54) is 0 Å². The van der Waals surface area contributed by atoms with Crippen LogP contribution in [0.1, 0.15) is 71.1 Å². The number of carbonyl (C=O) groups is 3. The first-order chi connectivity index (χ1) is 14.0. The summed E-state index contributed by atoms with van der Waals surface area (Å²) in [5.41, 5.74) is 0. The molecule has 0 bridgehead atoms. The maximum absolute atomic E-state index is 13.5. The van der Waals surface area contributed by atoms with Crippen LogP contribution in [0.3, 0.4) is 0 Å². The van der Waals surface area contributed by atoms with E-state index in [0.29, 0.717) is 12.8 Å². The third kappa shape index (κ3) is 4.55. The number of carbonyl (C=O) groups excluding carboxylic acids is 2. The van der Waals surface area contributed by atoms with Crippen LogP contribution in [-0.4, -0.2) is 58.6 Å². The first-order valence-corrected chi connectivity index (χ1v) is 9.47. The zero-order valence-corrected chi connectivity index (χ0v) is 15.5. The average Bonchev–Trinajstić information content (AvgIpc) is 3.06. The van der Waals surface area contributed by atoms with Gasteiger partial charge >= 0.3 is 11.9 Å². The maximum Gasteiger partial charge on any atom is 0.326 e. The smallest absolute Gasteiger partial charge is 0.326 e. The summed E-state index contributed by atoms with van der Waals surface area (Å²) in [6.45, 7) is 0.335. The lowest BCUT2D eigenvalue weighted by molar-refractivity contribution is -0.152. The van der Waals surface area contributed by atoms with Crippen LogP contribution in [0.5, 0.6) is 0 Å². The molecule has 7 nitrogen and oxygen atoms in total. The van der Waals surface area contributed by atoms with E-state index in [9.17, 15) is 19.5 Å². The van der Waals surface area contributed by atoms with E-state index in [4.69, 9.17) is 10.2 Å². The number of fused-ring (bicyclic) bond motifs is 1. The topological polar surface area (TPSA) is 95.9 Å². The van der Waals surface area contributed by atoms with E-state index >= 15 is 0 Å². The molecule has 0 unspecified atom stereocenters. The first kappa shape index (κ1) is 15.4. The van der Waals surface area contributed by atoms with Gasteiger partial charge in [-0.25, -0.2) is 4.79 Å². The lowest BCUT2D eigenvalue weighted by atomic mass is 9.84. The van der Waals surface area contributed by atoms with Crippen molar-refractivity contribution in [2.75, 3.05) is 6.61 Å². The minimum absolute atomic E-state index is 0.0267. The van der Waals surface area contributed by atoms with Crippen molar-refractivity contribution in [1.82, 2.24) is 10.2 Å². The van der Waals surface area contributed by atoms with Crippen LogP contribution in [0.15, 0.2) is 0 Å².